The lowest BCUT2D eigenvalue weighted by atomic mass is 10.1. The fourth-order valence-corrected chi connectivity index (χ4v) is 2.36. The molecule has 5 heteroatoms. The molecule has 2 rings (SSSR count). The number of carbonyl (C=O) groups excluding carboxylic acids is 2. The van der Waals surface area contributed by atoms with Crippen molar-refractivity contribution in [1.82, 2.24) is 0 Å². The van der Waals surface area contributed by atoms with Crippen LogP contribution in [-0.4, -0.2) is 17.9 Å². The van der Waals surface area contributed by atoms with Crippen LogP contribution in [0.15, 0.2) is 54.6 Å². The second kappa shape index (κ2) is 7.56. The third-order valence-electron chi connectivity index (χ3n) is 3.75. The van der Waals surface area contributed by atoms with Gasteiger partial charge in [-0.3, -0.25) is 9.59 Å². The van der Waals surface area contributed by atoms with E-state index in [1.165, 1.54) is 5.56 Å². The first-order valence-corrected chi connectivity index (χ1v) is 7.58. The zero-order valence-electron chi connectivity index (χ0n) is 13.3. The molecule has 5 nitrogen and oxygen atoms in total. The number of nitrogens with two attached hydrogens (primary N) is 2. The van der Waals surface area contributed by atoms with Gasteiger partial charge in [0.15, 0.2) is 6.04 Å². The highest BCUT2D eigenvalue weighted by atomic mass is 16.2. The highest BCUT2D eigenvalue weighted by Crippen LogP contribution is 2.10. The molecule has 0 bridgehead atoms. The lowest BCUT2D eigenvalue weighted by Gasteiger charge is -2.17. The number of amides is 2. The smallest absolute Gasteiger partial charge is 0.282 e. The maximum atomic E-state index is 12.3. The Hall–Kier alpha value is -2.66. The summed E-state index contributed by atoms with van der Waals surface area (Å²) in [6.07, 6.45) is 0. The maximum Gasteiger partial charge on any atom is 0.282 e. The Morgan fingerprint density at radius 3 is 2.17 bits per heavy atom. The standard InChI is InChI=1S/C18H21N3O2/c1-12(14-6-4-3-5-7-14)20-13(2)18(23)21-16-10-8-15(9-11-16)17(19)22/h3-13,20H,1-2H3,(H2,19,22)(H,21,23)/p+1/t12-,13+/m1/s1. The zero-order chi connectivity index (χ0) is 16.8. The summed E-state index contributed by atoms with van der Waals surface area (Å²) in [4.78, 5) is 23.3. The van der Waals surface area contributed by atoms with Gasteiger partial charge in [-0.15, -0.1) is 0 Å². The molecule has 5 N–H and O–H groups in total. The van der Waals surface area contributed by atoms with E-state index in [0.717, 1.165) is 0 Å². The molecule has 120 valence electrons. The van der Waals surface area contributed by atoms with Crippen LogP contribution < -0.4 is 16.4 Å². The number of nitrogens with one attached hydrogen (secondary N) is 1. The molecule has 0 heterocycles. The summed E-state index contributed by atoms with van der Waals surface area (Å²) in [7, 11) is 0. The minimum atomic E-state index is -0.485. The number of rotatable bonds is 6. The molecule has 23 heavy (non-hydrogen) atoms. The van der Waals surface area contributed by atoms with Gasteiger partial charge in [-0.05, 0) is 38.1 Å². The van der Waals surface area contributed by atoms with Crippen molar-refractivity contribution in [3.05, 3.63) is 65.7 Å². The molecule has 0 aromatic heterocycles. The summed E-state index contributed by atoms with van der Waals surface area (Å²) in [6, 6.07) is 16.5. The molecule has 0 unspecified atom stereocenters. The number of anilines is 1. The Morgan fingerprint density at radius 2 is 1.61 bits per heavy atom. The van der Waals surface area contributed by atoms with Gasteiger partial charge in [0.2, 0.25) is 5.91 Å². The largest absolute Gasteiger partial charge is 0.366 e. The van der Waals surface area contributed by atoms with E-state index in [0.29, 0.717) is 11.3 Å². The predicted molar refractivity (Wildman–Crippen MR) is 89.8 cm³/mol. The lowest BCUT2D eigenvalue weighted by Crippen LogP contribution is -2.91. The van der Waals surface area contributed by atoms with Crippen molar-refractivity contribution in [1.29, 1.82) is 0 Å². The Morgan fingerprint density at radius 1 is 1.00 bits per heavy atom. The molecule has 0 saturated carbocycles. The summed E-state index contributed by atoms with van der Waals surface area (Å²) < 4.78 is 0. The molecule has 2 aromatic carbocycles. The average Bonchev–Trinajstić information content (AvgIpc) is 2.56. The number of benzene rings is 2. The molecular weight excluding hydrogens is 290 g/mol. The van der Waals surface area contributed by atoms with E-state index >= 15 is 0 Å². The molecular formula is C18H22N3O2+. The van der Waals surface area contributed by atoms with Crippen LogP contribution in [0.1, 0.15) is 35.8 Å². The Kier molecular flexibility index (Phi) is 5.49. The van der Waals surface area contributed by atoms with E-state index in [2.05, 4.69) is 12.2 Å². The van der Waals surface area contributed by atoms with Gasteiger partial charge >= 0.3 is 0 Å². The second-order valence-corrected chi connectivity index (χ2v) is 5.61. The second-order valence-electron chi connectivity index (χ2n) is 5.61. The van der Waals surface area contributed by atoms with Crippen molar-refractivity contribution in [2.75, 3.05) is 5.32 Å². The number of quaternary nitrogens is 1. The van der Waals surface area contributed by atoms with Gasteiger partial charge in [-0.1, -0.05) is 30.3 Å². The van der Waals surface area contributed by atoms with Gasteiger partial charge in [0.1, 0.15) is 6.04 Å². The molecule has 0 fully saturated rings. The average molecular weight is 312 g/mol. The first kappa shape index (κ1) is 16.7. The van der Waals surface area contributed by atoms with Crippen LogP contribution in [0.3, 0.4) is 0 Å². The normalized spacial score (nSPS) is 13.1. The van der Waals surface area contributed by atoms with Gasteiger partial charge in [0, 0.05) is 16.8 Å². The van der Waals surface area contributed by atoms with Gasteiger partial charge in [0.25, 0.3) is 5.91 Å². The van der Waals surface area contributed by atoms with Crippen molar-refractivity contribution in [2.24, 2.45) is 5.73 Å². The van der Waals surface area contributed by atoms with Gasteiger partial charge in [-0.2, -0.15) is 0 Å². The summed E-state index contributed by atoms with van der Waals surface area (Å²) in [5.41, 5.74) is 7.43. The lowest BCUT2D eigenvalue weighted by molar-refractivity contribution is -0.709. The van der Waals surface area contributed by atoms with E-state index in [4.69, 9.17) is 5.73 Å². The van der Waals surface area contributed by atoms with Crippen LogP contribution in [0.2, 0.25) is 0 Å². The monoisotopic (exact) mass is 312 g/mol. The summed E-state index contributed by atoms with van der Waals surface area (Å²) >= 11 is 0. The first-order chi connectivity index (χ1) is 11.0. The molecule has 0 radical (unpaired) electrons. The van der Waals surface area contributed by atoms with Crippen LogP contribution >= 0.6 is 0 Å². The van der Waals surface area contributed by atoms with E-state index in [1.807, 2.05) is 42.6 Å². The van der Waals surface area contributed by atoms with Crippen molar-refractivity contribution < 1.29 is 14.9 Å². The van der Waals surface area contributed by atoms with Crippen LogP contribution in [0.4, 0.5) is 5.69 Å². The molecule has 0 aliphatic rings. The Balaban J connectivity index is 1.93. The summed E-state index contributed by atoms with van der Waals surface area (Å²) in [5.74, 6) is -0.569. The molecule has 0 aliphatic carbocycles. The number of carbonyl (C=O) groups is 2. The van der Waals surface area contributed by atoms with Crippen molar-refractivity contribution in [2.45, 2.75) is 25.9 Å². The Labute approximate surface area is 135 Å². The van der Waals surface area contributed by atoms with Crippen LogP contribution in [-0.2, 0) is 4.79 Å². The molecule has 2 aromatic rings. The van der Waals surface area contributed by atoms with Gasteiger partial charge in [0.05, 0.1) is 0 Å². The fourth-order valence-electron chi connectivity index (χ4n) is 2.36. The third-order valence-corrected chi connectivity index (χ3v) is 3.75. The third kappa shape index (κ3) is 4.66. The minimum Gasteiger partial charge on any atom is -0.366 e. The summed E-state index contributed by atoms with van der Waals surface area (Å²) in [5, 5.41) is 4.86. The van der Waals surface area contributed by atoms with Gasteiger partial charge in [-0.25, -0.2) is 0 Å². The van der Waals surface area contributed by atoms with Crippen LogP contribution in [0.25, 0.3) is 0 Å². The minimum absolute atomic E-state index is 0.0837. The number of hydrogen-bond donors (Lipinski definition) is 3. The molecule has 0 saturated heterocycles. The van der Waals surface area contributed by atoms with Crippen molar-refractivity contribution >= 4 is 17.5 Å². The number of primary amides is 1. The summed E-state index contributed by atoms with van der Waals surface area (Å²) in [6.45, 7) is 3.94. The van der Waals surface area contributed by atoms with Crippen molar-refractivity contribution in [3.8, 4) is 0 Å². The van der Waals surface area contributed by atoms with Crippen LogP contribution in [0, 0.1) is 0 Å². The molecule has 0 aliphatic heterocycles. The van der Waals surface area contributed by atoms with Crippen LogP contribution in [0.5, 0.6) is 0 Å². The zero-order valence-corrected chi connectivity index (χ0v) is 13.3. The predicted octanol–water partition coefficient (Wildman–Crippen LogP) is 1.44. The topological polar surface area (TPSA) is 88.8 Å². The number of hydrogen-bond acceptors (Lipinski definition) is 2. The molecule has 0 spiro atoms. The highest BCUT2D eigenvalue weighted by molar-refractivity contribution is 5.95. The highest BCUT2D eigenvalue weighted by Gasteiger charge is 2.20. The Bertz CT molecular complexity index is 668. The quantitative estimate of drug-likeness (QED) is 0.753. The molecule has 2 atom stereocenters. The van der Waals surface area contributed by atoms with E-state index in [-0.39, 0.29) is 18.0 Å². The molecule has 2 amide bonds. The fraction of sp³-hybridized carbons (Fsp3) is 0.222. The van der Waals surface area contributed by atoms with E-state index in [1.54, 1.807) is 24.3 Å². The first-order valence-electron chi connectivity index (χ1n) is 7.58. The SMILES string of the molecule is C[C@H]([NH2+][C@H](C)c1ccccc1)C(=O)Nc1ccc(C(N)=O)cc1. The maximum absolute atomic E-state index is 12.3. The van der Waals surface area contributed by atoms with Crippen molar-refractivity contribution in [3.63, 3.8) is 0 Å². The van der Waals surface area contributed by atoms with E-state index in [9.17, 15) is 9.59 Å². The van der Waals surface area contributed by atoms with Gasteiger partial charge < -0.3 is 16.4 Å². The van der Waals surface area contributed by atoms with E-state index < -0.39 is 5.91 Å².